The molecule has 6 heteroatoms. The average molecular weight is 222 g/mol. The molecule has 0 spiro atoms. The van der Waals surface area contributed by atoms with Crippen LogP contribution in [-0.2, 0) is 16.1 Å². The number of rotatable bonds is 3. The Morgan fingerprint density at radius 3 is 3.06 bits per heavy atom. The molecule has 2 N–H and O–H groups in total. The van der Waals surface area contributed by atoms with Gasteiger partial charge in [0.15, 0.2) is 0 Å². The van der Waals surface area contributed by atoms with Crippen molar-refractivity contribution < 1.29 is 9.59 Å². The van der Waals surface area contributed by atoms with Gasteiger partial charge in [0.1, 0.15) is 0 Å². The van der Waals surface area contributed by atoms with Crippen LogP contribution in [0.2, 0.25) is 0 Å². The van der Waals surface area contributed by atoms with E-state index in [9.17, 15) is 9.59 Å². The smallest absolute Gasteiger partial charge is 0.228 e. The minimum Gasteiger partial charge on any atom is -0.355 e. The predicted octanol–water partition coefficient (Wildman–Crippen LogP) is -0.496. The lowest BCUT2D eigenvalue weighted by Gasteiger charge is -2.19. The van der Waals surface area contributed by atoms with Crippen LogP contribution in [0.4, 0.5) is 0 Å². The van der Waals surface area contributed by atoms with Gasteiger partial charge in [-0.05, 0) is 0 Å². The normalized spacial score (nSPS) is 19.6. The molecule has 0 bridgehead atoms. The van der Waals surface area contributed by atoms with Crippen molar-refractivity contribution >= 4 is 11.8 Å². The summed E-state index contributed by atoms with van der Waals surface area (Å²) >= 11 is 0. The first-order valence-corrected chi connectivity index (χ1v) is 5.16. The lowest BCUT2D eigenvalue weighted by Crippen LogP contribution is -2.33. The van der Waals surface area contributed by atoms with Crippen LogP contribution in [0.15, 0.2) is 12.4 Å². The van der Waals surface area contributed by atoms with Gasteiger partial charge in [0.05, 0.1) is 12.1 Å². The summed E-state index contributed by atoms with van der Waals surface area (Å²) in [6, 6.07) is 0. The molecule has 1 atom stereocenters. The summed E-state index contributed by atoms with van der Waals surface area (Å²) in [4.78, 5) is 24.5. The minimum atomic E-state index is -0.218. The van der Waals surface area contributed by atoms with Crippen molar-refractivity contribution in [2.45, 2.75) is 13.0 Å². The van der Waals surface area contributed by atoms with E-state index in [2.05, 4.69) is 15.5 Å². The number of aromatic amines is 1. The molecule has 16 heavy (non-hydrogen) atoms. The van der Waals surface area contributed by atoms with Crippen LogP contribution in [0, 0.1) is 5.92 Å². The zero-order valence-corrected chi connectivity index (χ0v) is 9.06. The number of nitrogens with zero attached hydrogens (tertiary/aromatic N) is 2. The molecule has 0 aliphatic carbocycles. The molecule has 1 fully saturated rings. The van der Waals surface area contributed by atoms with Crippen molar-refractivity contribution in [2.75, 3.05) is 13.6 Å². The Balaban J connectivity index is 1.92. The van der Waals surface area contributed by atoms with Gasteiger partial charge in [-0.2, -0.15) is 5.10 Å². The van der Waals surface area contributed by atoms with Gasteiger partial charge < -0.3 is 10.2 Å². The zero-order chi connectivity index (χ0) is 11.5. The Morgan fingerprint density at radius 2 is 2.50 bits per heavy atom. The highest BCUT2D eigenvalue weighted by atomic mass is 16.2. The minimum absolute atomic E-state index is 0.000417. The van der Waals surface area contributed by atoms with E-state index in [0.29, 0.717) is 19.5 Å². The molecular formula is C10H14N4O2. The second-order valence-electron chi connectivity index (χ2n) is 4.01. The first kappa shape index (κ1) is 10.7. The van der Waals surface area contributed by atoms with Crippen LogP contribution in [0.5, 0.6) is 0 Å². The molecule has 0 radical (unpaired) electrons. The van der Waals surface area contributed by atoms with Crippen LogP contribution in [0.1, 0.15) is 12.0 Å². The number of H-pyrrole nitrogens is 1. The second-order valence-corrected chi connectivity index (χ2v) is 4.01. The number of carbonyl (C=O) groups excluding carboxylic acids is 2. The Labute approximate surface area is 93.0 Å². The maximum Gasteiger partial charge on any atom is 0.228 e. The molecule has 1 saturated heterocycles. The Kier molecular flexibility index (Phi) is 2.89. The van der Waals surface area contributed by atoms with E-state index in [1.807, 2.05) is 0 Å². The van der Waals surface area contributed by atoms with Crippen LogP contribution >= 0.6 is 0 Å². The van der Waals surface area contributed by atoms with Gasteiger partial charge in [-0.25, -0.2) is 0 Å². The quantitative estimate of drug-likeness (QED) is 0.724. The van der Waals surface area contributed by atoms with Gasteiger partial charge in [0.2, 0.25) is 11.8 Å². The third kappa shape index (κ3) is 2.21. The van der Waals surface area contributed by atoms with Crippen molar-refractivity contribution in [1.29, 1.82) is 0 Å². The molecule has 1 aliphatic heterocycles. The third-order valence-electron chi connectivity index (χ3n) is 2.68. The predicted molar refractivity (Wildman–Crippen MR) is 56.2 cm³/mol. The Hall–Kier alpha value is -1.85. The van der Waals surface area contributed by atoms with Gasteiger partial charge in [-0.3, -0.25) is 14.7 Å². The Morgan fingerprint density at radius 1 is 1.69 bits per heavy atom. The molecule has 1 aromatic heterocycles. The lowest BCUT2D eigenvalue weighted by atomic mass is 10.1. The van der Waals surface area contributed by atoms with Crippen molar-refractivity contribution in [3.05, 3.63) is 18.0 Å². The van der Waals surface area contributed by atoms with Gasteiger partial charge in [0, 0.05) is 38.3 Å². The highest BCUT2D eigenvalue weighted by Gasteiger charge is 2.29. The fourth-order valence-electron chi connectivity index (χ4n) is 1.81. The molecule has 2 rings (SSSR count). The average Bonchev–Trinajstić information content (AvgIpc) is 2.88. The topological polar surface area (TPSA) is 78.1 Å². The van der Waals surface area contributed by atoms with E-state index in [1.165, 1.54) is 0 Å². The summed E-state index contributed by atoms with van der Waals surface area (Å²) in [6.45, 7) is 0.966. The molecule has 0 saturated carbocycles. The van der Waals surface area contributed by atoms with Crippen LogP contribution in [0.3, 0.4) is 0 Å². The summed E-state index contributed by atoms with van der Waals surface area (Å²) in [5.41, 5.74) is 0.952. The molecule has 1 aliphatic rings. The summed E-state index contributed by atoms with van der Waals surface area (Å²) < 4.78 is 0. The fourth-order valence-corrected chi connectivity index (χ4v) is 1.81. The number of aromatic nitrogens is 2. The van der Waals surface area contributed by atoms with Gasteiger partial charge in [-0.1, -0.05) is 0 Å². The number of nitrogens with one attached hydrogen (secondary N) is 2. The summed E-state index contributed by atoms with van der Waals surface area (Å²) in [5.74, 6) is -0.265. The molecule has 86 valence electrons. The summed E-state index contributed by atoms with van der Waals surface area (Å²) in [7, 11) is 1.73. The van der Waals surface area contributed by atoms with Crippen molar-refractivity contribution in [2.24, 2.45) is 5.92 Å². The molecule has 1 unspecified atom stereocenters. The first-order chi connectivity index (χ1) is 7.66. The highest BCUT2D eigenvalue weighted by molar-refractivity contribution is 5.89. The van der Waals surface area contributed by atoms with Gasteiger partial charge in [-0.15, -0.1) is 0 Å². The maximum atomic E-state index is 11.9. The van der Waals surface area contributed by atoms with E-state index >= 15 is 0 Å². The number of hydrogen-bond acceptors (Lipinski definition) is 3. The van der Waals surface area contributed by atoms with E-state index in [4.69, 9.17) is 0 Å². The first-order valence-electron chi connectivity index (χ1n) is 5.16. The maximum absolute atomic E-state index is 11.9. The summed E-state index contributed by atoms with van der Waals surface area (Å²) in [6.07, 6.45) is 3.73. The van der Waals surface area contributed by atoms with Crippen molar-refractivity contribution in [1.82, 2.24) is 20.4 Å². The fraction of sp³-hybridized carbons (Fsp3) is 0.500. The second kappa shape index (κ2) is 4.34. The van der Waals surface area contributed by atoms with E-state index in [1.54, 1.807) is 24.3 Å². The zero-order valence-electron chi connectivity index (χ0n) is 9.06. The summed E-state index contributed by atoms with van der Waals surface area (Å²) in [5, 5.41) is 9.17. The number of hydrogen-bond donors (Lipinski definition) is 2. The SMILES string of the molecule is CN(Cc1cn[nH]c1)C(=O)C1CNC(=O)C1. The third-order valence-corrected chi connectivity index (χ3v) is 2.68. The van der Waals surface area contributed by atoms with E-state index < -0.39 is 0 Å². The number of carbonyl (C=O) groups is 2. The molecule has 2 amide bonds. The molecule has 6 nitrogen and oxygen atoms in total. The van der Waals surface area contributed by atoms with Gasteiger partial charge >= 0.3 is 0 Å². The van der Waals surface area contributed by atoms with Crippen molar-refractivity contribution in [3.63, 3.8) is 0 Å². The molecule has 2 heterocycles. The lowest BCUT2D eigenvalue weighted by molar-refractivity contribution is -0.135. The highest BCUT2D eigenvalue weighted by Crippen LogP contribution is 2.13. The van der Waals surface area contributed by atoms with E-state index in [-0.39, 0.29) is 17.7 Å². The molecule has 0 aromatic carbocycles. The Bertz CT molecular complexity index is 388. The number of amides is 2. The standard InChI is InChI=1S/C10H14N4O2/c1-14(6-7-3-12-13-4-7)10(16)8-2-9(15)11-5-8/h3-4,8H,2,5-6H2,1H3,(H,11,15)(H,12,13). The monoisotopic (exact) mass is 222 g/mol. The van der Waals surface area contributed by atoms with Crippen molar-refractivity contribution in [3.8, 4) is 0 Å². The molecular weight excluding hydrogens is 208 g/mol. The molecule has 1 aromatic rings. The van der Waals surface area contributed by atoms with Crippen LogP contribution < -0.4 is 5.32 Å². The van der Waals surface area contributed by atoms with E-state index in [0.717, 1.165) is 5.56 Å². The van der Waals surface area contributed by atoms with Crippen LogP contribution in [0.25, 0.3) is 0 Å². The van der Waals surface area contributed by atoms with Gasteiger partial charge in [0.25, 0.3) is 0 Å². The van der Waals surface area contributed by atoms with Crippen LogP contribution in [-0.4, -0.2) is 40.5 Å². The largest absolute Gasteiger partial charge is 0.355 e.